The third-order valence-corrected chi connectivity index (χ3v) is 4.34. The molecule has 2 aromatic carbocycles. The highest BCUT2D eigenvalue weighted by Gasteiger charge is 2.16. The Balaban J connectivity index is 2.31. The average molecular weight is 354 g/mol. The van der Waals surface area contributed by atoms with Gasteiger partial charge < -0.3 is 4.98 Å². The normalized spacial score (nSPS) is 10.4. The number of benzene rings is 2. The van der Waals surface area contributed by atoms with Gasteiger partial charge in [-0.25, -0.2) is 4.98 Å². The Bertz CT molecular complexity index is 1010. The van der Waals surface area contributed by atoms with Crippen molar-refractivity contribution >= 4 is 23.4 Å². The van der Waals surface area contributed by atoms with Gasteiger partial charge in [-0.05, 0) is 29.5 Å². The van der Waals surface area contributed by atoms with E-state index in [1.165, 1.54) is 11.8 Å². The second-order valence-electron chi connectivity index (χ2n) is 4.97. The molecule has 0 amide bonds. The first-order valence-corrected chi connectivity index (χ1v) is 8.68. The van der Waals surface area contributed by atoms with Crippen LogP contribution in [0.1, 0.15) is 5.56 Å². The molecular formula is C18H12ClN3OS. The molecule has 3 rings (SSSR count). The lowest BCUT2D eigenvalue weighted by molar-refractivity contribution is 0.938. The molecule has 3 aromatic rings. The minimum absolute atomic E-state index is 0.00211. The summed E-state index contributed by atoms with van der Waals surface area (Å²) >= 11 is 7.42. The number of aromatic nitrogens is 2. The van der Waals surface area contributed by atoms with E-state index < -0.39 is 5.56 Å². The Morgan fingerprint density at radius 1 is 1.17 bits per heavy atom. The highest BCUT2D eigenvalue weighted by molar-refractivity contribution is 7.98. The molecule has 0 unspecified atom stereocenters. The highest BCUT2D eigenvalue weighted by Crippen LogP contribution is 2.33. The number of nitrogens with zero attached hydrogens (tertiary/aromatic N) is 2. The zero-order valence-electron chi connectivity index (χ0n) is 12.7. The van der Waals surface area contributed by atoms with Crippen LogP contribution in [-0.4, -0.2) is 16.2 Å². The van der Waals surface area contributed by atoms with Crippen LogP contribution in [0.4, 0.5) is 0 Å². The van der Waals surface area contributed by atoms with Crippen LogP contribution in [0.15, 0.2) is 58.5 Å². The second kappa shape index (κ2) is 6.91. The Morgan fingerprint density at radius 3 is 2.58 bits per heavy atom. The van der Waals surface area contributed by atoms with Crippen molar-refractivity contribution in [3.8, 4) is 28.5 Å². The number of aromatic amines is 1. The number of H-pyrrole nitrogens is 1. The first-order valence-electron chi connectivity index (χ1n) is 7.08. The molecule has 118 valence electrons. The van der Waals surface area contributed by atoms with Crippen molar-refractivity contribution in [3.63, 3.8) is 0 Å². The largest absolute Gasteiger partial charge is 0.300 e. The lowest BCUT2D eigenvalue weighted by Crippen LogP contribution is -2.14. The SMILES string of the molecule is CSc1nc(-c2ccccc2-c2cccc(Cl)c2)c(C#N)c(=O)[nH]1. The maximum absolute atomic E-state index is 12.2. The van der Waals surface area contributed by atoms with Crippen LogP contribution in [0.3, 0.4) is 0 Å². The second-order valence-corrected chi connectivity index (χ2v) is 6.20. The lowest BCUT2D eigenvalue weighted by atomic mass is 9.96. The number of hydrogen-bond acceptors (Lipinski definition) is 4. The smallest absolute Gasteiger partial charge is 0.270 e. The Labute approximate surface area is 148 Å². The minimum Gasteiger partial charge on any atom is -0.300 e. The molecule has 0 aliphatic rings. The molecule has 0 fully saturated rings. The van der Waals surface area contributed by atoms with Crippen molar-refractivity contribution < 1.29 is 0 Å². The summed E-state index contributed by atoms with van der Waals surface area (Å²) in [5, 5.41) is 10.5. The molecule has 24 heavy (non-hydrogen) atoms. The van der Waals surface area contributed by atoms with Gasteiger partial charge >= 0.3 is 0 Å². The maximum Gasteiger partial charge on any atom is 0.270 e. The Morgan fingerprint density at radius 2 is 1.92 bits per heavy atom. The minimum atomic E-state index is -0.437. The van der Waals surface area contributed by atoms with E-state index in [1.807, 2.05) is 54.8 Å². The van der Waals surface area contributed by atoms with Gasteiger partial charge in [0.1, 0.15) is 11.6 Å². The van der Waals surface area contributed by atoms with Crippen molar-refractivity contribution in [1.82, 2.24) is 9.97 Å². The molecule has 0 atom stereocenters. The molecule has 0 radical (unpaired) electrons. The average Bonchev–Trinajstić information content (AvgIpc) is 2.61. The topological polar surface area (TPSA) is 69.5 Å². The van der Waals surface area contributed by atoms with Gasteiger partial charge in [0.15, 0.2) is 5.16 Å². The monoisotopic (exact) mass is 353 g/mol. The summed E-state index contributed by atoms with van der Waals surface area (Å²) in [5.74, 6) is 0. The number of halogens is 1. The maximum atomic E-state index is 12.2. The summed E-state index contributed by atoms with van der Waals surface area (Å²) in [7, 11) is 0. The standard InChI is InChI=1S/C18H12ClN3OS/c1-24-18-21-16(15(10-20)17(23)22-18)14-8-3-2-7-13(14)11-5-4-6-12(19)9-11/h2-9H,1H3,(H,21,22,23). The summed E-state index contributed by atoms with van der Waals surface area (Å²) in [6.45, 7) is 0. The summed E-state index contributed by atoms with van der Waals surface area (Å²) in [6.07, 6.45) is 1.82. The van der Waals surface area contributed by atoms with E-state index in [-0.39, 0.29) is 5.56 Å². The third kappa shape index (κ3) is 3.07. The van der Waals surface area contributed by atoms with Gasteiger partial charge in [-0.2, -0.15) is 5.26 Å². The van der Waals surface area contributed by atoms with Crippen LogP contribution in [0.25, 0.3) is 22.4 Å². The fraction of sp³-hybridized carbons (Fsp3) is 0.0556. The van der Waals surface area contributed by atoms with Gasteiger partial charge in [0.05, 0.1) is 5.69 Å². The Hall–Kier alpha value is -2.55. The first kappa shape index (κ1) is 16.3. The van der Waals surface area contributed by atoms with Gasteiger partial charge in [0.2, 0.25) is 0 Å². The van der Waals surface area contributed by atoms with Gasteiger partial charge in [-0.3, -0.25) is 4.79 Å². The first-order chi connectivity index (χ1) is 11.6. The van der Waals surface area contributed by atoms with E-state index in [1.54, 1.807) is 6.07 Å². The van der Waals surface area contributed by atoms with Crippen LogP contribution >= 0.6 is 23.4 Å². The van der Waals surface area contributed by atoms with E-state index in [2.05, 4.69) is 9.97 Å². The molecule has 0 aliphatic heterocycles. The molecule has 0 spiro atoms. The van der Waals surface area contributed by atoms with E-state index >= 15 is 0 Å². The number of nitrogens with one attached hydrogen (secondary N) is 1. The van der Waals surface area contributed by atoms with Crippen molar-refractivity contribution in [2.24, 2.45) is 0 Å². The predicted octanol–water partition coefficient (Wildman–Crippen LogP) is 4.35. The van der Waals surface area contributed by atoms with Crippen LogP contribution in [0, 0.1) is 11.3 Å². The summed E-state index contributed by atoms with van der Waals surface area (Å²) in [6, 6.07) is 16.9. The van der Waals surface area contributed by atoms with Crippen LogP contribution < -0.4 is 5.56 Å². The summed E-state index contributed by atoms with van der Waals surface area (Å²) in [5.41, 5.74) is 2.42. The van der Waals surface area contributed by atoms with Gasteiger partial charge in [-0.1, -0.05) is 59.8 Å². The van der Waals surface area contributed by atoms with Gasteiger partial charge in [0, 0.05) is 10.6 Å². The number of nitriles is 1. The van der Waals surface area contributed by atoms with E-state index in [0.717, 1.165) is 16.7 Å². The molecule has 1 aromatic heterocycles. The number of hydrogen-bond donors (Lipinski definition) is 1. The van der Waals surface area contributed by atoms with E-state index in [9.17, 15) is 10.1 Å². The van der Waals surface area contributed by atoms with E-state index in [4.69, 9.17) is 11.6 Å². The third-order valence-electron chi connectivity index (χ3n) is 3.52. The molecular weight excluding hydrogens is 342 g/mol. The summed E-state index contributed by atoms with van der Waals surface area (Å²) in [4.78, 5) is 19.2. The quantitative estimate of drug-likeness (QED) is 0.561. The molecule has 1 heterocycles. The van der Waals surface area contributed by atoms with Crippen molar-refractivity contribution in [2.75, 3.05) is 6.26 Å². The zero-order chi connectivity index (χ0) is 17.1. The molecule has 0 aliphatic carbocycles. The molecule has 0 bridgehead atoms. The lowest BCUT2D eigenvalue weighted by Gasteiger charge is -2.11. The predicted molar refractivity (Wildman–Crippen MR) is 97.2 cm³/mol. The molecule has 4 nitrogen and oxygen atoms in total. The van der Waals surface area contributed by atoms with Gasteiger partial charge in [-0.15, -0.1) is 0 Å². The zero-order valence-corrected chi connectivity index (χ0v) is 14.3. The van der Waals surface area contributed by atoms with Crippen molar-refractivity contribution in [1.29, 1.82) is 5.26 Å². The van der Waals surface area contributed by atoms with Crippen LogP contribution in [-0.2, 0) is 0 Å². The molecule has 6 heteroatoms. The van der Waals surface area contributed by atoms with Crippen LogP contribution in [0.5, 0.6) is 0 Å². The number of rotatable bonds is 3. The molecule has 0 saturated heterocycles. The Kier molecular flexibility index (Phi) is 4.70. The van der Waals surface area contributed by atoms with Crippen LogP contribution in [0.2, 0.25) is 5.02 Å². The molecule has 0 saturated carbocycles. The number of thioether (sulfide) groups is 1. The van der Waals surface area contributed by atoms with E-state index in [0.29, 0.717) is 15.9 Å². The van der Waals surface area contributed by atoms with Gasteiger partial charge in [0.25, 0.3) is 5.56 Å². The highest BCUT2D eigenvalue weighted by atomic mass is 35.5. The fourth-order valence-electron chi connectivity index (χ4n) is 2.45. The van der Waals surface area contributed by atoms with Crippen molar-refractivity contribution in [3.05, 3.63) is 69.5 Å². The van der Waals surface area contributed by atoms with Crippen molar-refractivity contribution in [2.45, 2.75) is 5.16 Å². The molecule has 1 N–H and O–H groups in total. The summed E-state index contributed by atoms with van der Waals surface area (Å²) < 4.78 is 0. The fourth-order valence-corrected chi connectivity index (χ4v) is 3.01.